The maximum atomic E-state index is 6.23. The summed E-state index contributed by atoms with van der Waals surface area (Å²) in [6.45, 7) is 2.11. The third-order valence-corrected chi connectivity index (χ3v) is 4.82. The van der Waals surface area contributed by atoms with Crippen molar-refractivity contribution in [1.29, 1.82) is 0 Å². The first kappa shape index (κ1) is 15.2. The maximum absolute atomic E-state index is 6.23. The summed E-state index contributed by atoms with van der Waals surface area (Å²) in [5.74, 6) is 0.149. The van der Waals surface area contributed by atoms with Crippen LogP contribution in [0.3, 0.4) is 0 Å². The summed E-state index contributed by atoms with van der Waals surface area (Å²) in [6, 6.07) is 11.7. The van der Waals surface area contributed by atoms with E-state index in [1.54, 1.807) is 11.2 Å². The van der Waals surface area contributed by atoms with E-state index in [9.17, 15) is 0 Å². The molecule has 130 valence electrons. The lowest BCUT2D eigenvalue weighted by atomic mass is 10.1. The minimum atomic E-state index is -1.19. The molecular formula is C17H14N6O2S. The molecule has 9 heteroatoms. The molecule has 4 heterocycles. The Morgan fingerprint density at radius 3 is 3.04 bits per heavy atom. The van der Waals surface area contributed by atoms with E-state index in [0.717, 1.165) is 16.8 Å². The van der Waals surface area contributed by atoms with E-state index in [4.69, 9.17) is 9.26 Å². The van der Waals surface area contributed by atoms with Crippen LogP contribution in [0.5, 0.6) is 0 Å². The quantitative estimate of drug-likeness (QED) is 0.763. The molecule has 26 heavy (non-hydrogen) atoms. The summed E-state index contributed by atoms with van der Waals surface area (Å²) in [5, 5.41) is 16.8. The molecule has 0 bridgehead atoms. The van der Waals surface area contributed by atoms with Gasteiger partial charge in [-0.1, -0.05) is 29.4 Å². The van der Waals surface area contributed by atoms with Crippen molar-refractivity contribution in [3.8, 4) is 0 Å². The van der Waals surface area contributed by atoms with Crippen LogP contribution in [0.4, 0.5) is 0 Å². The normalized spacial score (nSPS) is 20.5. The zero-order valence-electron chi connectivity index (χ0n) is 13.8. The van der Waals surface area contributed by atoms with Gasteiger partial charge in [0.2, 0.25) is 0 Å². The highest BCUT2D eigenvalue weighted by Crippen LogP contribution is 2.36. The molecule has 3 aromatic rings. The van der Waals surface area contributed by atoms with Crippen molar-refractivity contribution in [3.05, 3.63) is 70.1 Å². The Labute approximate surface area is 152 Å². The largest absolute Gasteiger partial charge is 0.361 e. The third-order valence-electron chi connectivity index (χ3n) is 4.22. The van der Waals surface area contributed by atoms with Gasteiger partial charge in [0.25, 0.3) is 0 Å². The fraction of sp³-hybridized carbons (Fsp3) is 0.176. The molecular weight excluding hydrogens is 352 g/mol. The van der Waals surface area contributed by atoms with Gasteiger partial charge in [0.1, 0.15) is 5.76 Å². The number of nitrogens with zero attached hydrogens (tertiary/aromatic N) is 5. The molecule has 1 aromatic carbocycles. The molecule has 2 aliphatic heterocycles. The fourth-order valence-electron chi connectivity index (χ4n) is 2.97. The predicted octanol–water partition coefficient (Wildman–Crippen LogP) is 2.38. The van der Waals surface area contributed by atoms with Crippen molar-refractivity contribution >= 4 is 23.6 Å². The monoisotopic (exact) mass is 366 g/mol. The average molecular weight is 366 g/mol. The molecule has 0 saturated heterocycles. The summed E-state index contributed by atoms with van der Waals surface area (Å²) in [7, 11) is 0. The number of fused-ring (bicyclic) bond motifs is 3. The van der Waals surface area contributed by atoms with Crippen LogP contribution in [0.15, 0.2) is 56.5 Å². The van der Waals surface area contributed by atoms with E-state index in [0.29, 0.717) is 17.3 Å². The molecule has 2 aliphatic rings. The summed E-state index contributed by atoms with van der Waals surface area (Å²) < 4.78 is 15.8. The van der Waals surface area contributed by atoms with Gasteiger partial charge in [-0.25, -0.2) is 0 Å². The Hall–Kier alpha value is -3.04. The number of aromatic nitrogens is 2. The molecule has 1 atom stereocenters. The smallest absolute Gasteiger partial charge is 0.304 e. The van der Waals surface area contributed by atoms with Crippen molar-refractivity contribution in [2.75, 3.05) is 0 Å². The van der Waals surface area contributed by atoms with Gasteiger partial charge in [-0.15, -0.1) is 0 Å². The van der Waals surface area contributed by atoms with Gasteiger partial charge >= 0.3 is 5.85 Å². The van der Waals surface area contributed by atoms with E-state index in [2.05, 4.69) is 25.2 Å². The summed E-state index contributed by atoms with van der Waals surface area (Å²) in [5.41, 5.74) is 6.41. The van der Waals surface area contributed by atoms with Crippen LogP contribution in [-0.4, -0.2) is 26.6 Å². The summed E-state index contributed by atoms with van der Waals surface area (Å²) in [4.78, 5) is 0. The van der Waals surface area contributed by atoms with Crippen molar-refractivity contribution < 1.29 is 9.26 Å². The fourth-order valence-corrected chi connectivity index (χ4v) is 3.49. The van der Waals surface area contributed by atoms with Gasteiger partial charge in [-0.2, -0.15) is 19.6 Å². The molecule has 0 saturated carbocycles. The second kappa shape index (κ2) is 5.75. The standard InChI is InChI=1S/C17H14N6O2S/c1-11-8-15(20-25-11)17(24-10-13-6-7-26-21-13)22-19-16-14-5-3-2-4-12(14)9-18-23(16)17/h2-9,22H,10H2,1H3. The lowest BCUT2D eigenvalue weighted by molar-refractivity contribution is -0.161. The van der Waals surface area contributed by atoms with Crippen LogP contribution in [-0.2, 0) is 17.2 Å². The number of aryl methyl sites for hydroxylation is 1. The second-order valence-corrected chi connectivity index (χ2v) is 6.60. The van der Waals surface area contributed by atoms with Gasteiger partial charge in [-0.05, 0) is 24.5 Å². The highest BCUT2D eigenvalue weighted by Gasteiger charge is 2.51. The molecule has 0 radical (unpaired) electrons. The molecule has 5 rings (SSSR count). The van der Waals surface area contributed by atoms with Crippen molar-refractivity contribution in [3.63, 3.8) is 0 Å². The topological polar surface area (TPSA) is 88.1 Å². The van der Waals surface area contributed by atoms with Crippen LogP contribution in [0.1, 0.15) is 28.3 Å². The molecule has 0 spiro atoms. The molecule has 2 aromatic heterocycles. The molecule has 1 N–H and O–H groups in total. The summed E-state index contributed by atoms with van der Waals surface area (Å²) in [6.07, 6.45) is 1.79. The Balaban J connectivity index is 1.56. The van der Waals surface area contributed by atoms with Crippen molar-refractivity contribution in [1.82, 2.24) is 20.0 Å². The van der Waals surface area contributed by atoms with Gasteiger partial charge in [-0.3, -0.25) is 5.43 Å². The average Bonchev–Trinajstić information content (AvgIpc) is 3.40. The lowest BCUT2D eigenvalue weighted by Crippen LogP contribution is -2.52. The summed E-state index contributed by atoms with van der Waals surface area (Å²) >= 11 is 1.38. The first-order chi connectivity index (χ1) is 12.8. The number of ether oxygens (including phenoxy) is 1. The highest BCUT2D eigenvalue weighted by atomic mass is 32.1. The number of nitrogens with one attached hydrogen (secondary N) is 1. The zero-order valence-corrected chi connectivity index (χ0v) is 14.6. The Kier molecular flexibility index (Phi) is 3.37. The maximum Gasteiger partial charge on any atom is 0.304 e. The van der Waals surface area contributed by atoms with Crippen LogP contribution in [0, 0.1) is 6.92 Å². The number of amidine groups is 1. The number of benzene rings is 1. The van der Waals surface area contributed by atoms with Crippen molar-refractivity contribution in [2.24, 2.45) is 10.2 Å². The SMILES string of the molecule is Cc1cc(C2(OCc3ccsn3)NN=C3c4ccccc4C=NN32)no1. The Morgan fingerprint density at radius 1 is 1.31 bits per heavy atom. The first-order valence-electron chi connectivity index (χ1n) is 8.02. The number of hydrazone groups is 2. The molecule has 8 nitrogen and oxygen atoms in total. The Morgan fingerprint density at radius 2 is 2.23 bits per heavy atom. The zero-order chi connectivity index (χ0) is 17.6. The van der Waals surface area contributed by atoms with E-state index >= 15 is 0 Å². The minimum Gasteiger partial charge on any atom is -0.361 e. The highest BCUT2D eigenvalue weighted by molar-refractivity contribution is 7.03. The number of rotatable bonds is 4. The minimum absolute atomic E-state index is 0.277. The van der Waals surface area contributed by atoms with E-state index in [1.807, 2.05) is 48.7 Å². The van der Waals surface area contributed by atoms with Gasteiger partial charge in [0.15, 0.2) is 11.5 Å². The van der Waals surface area contributed by atoms with E-state index in [1.165, 1.54) is 11.5 Å². The first-order valence-corrected chi connectivity index (χ1v) is 8.85. The third kappa shape index (κ3) is 2.25. The van der Waals surface area contributed by atoms with E-state index < -0.39 is 5.85 Å². The van der Waals surface area contributed by atoms with Crippen molar-refractivity contribution in [2.45, 2.75) is 19.4 Å². The second-order valence-electron chi connectivity index (χ2n) is 5.94. The van der Waals surface area contributed by atoms with Gasteiger partial charge < -0.3 is 9.26 Å². The predicted molar refractivity (Wildman–Crippen MR) is 95.4 cm³/mol. The van der Waals surface area contributed by atoms with Crippen LogP contribution in [0.2, 0.25) is 0 Å². The molecule has 1 unspecified atom stereocenters. The molecule has 0 aliphatic carbocycles. The number of hydrogen-bond acceptors (Lipinski definition) is 9. The van der Waals surface area contributed by atoms with E-state index in [-0.39, 0.29) is 6.61 Å². The van der Waals surface area contributed by atoms with Gasteiger partial charge in [0.05, 0.1) is 18.5 Å². The lowest BCUT2D eigenvalue weighted by Gasteiger charge is -2.34. The molecule has 0 amide bonds. The van der Waals surface area contributed by atoms with Crippen LogP contribution >= 0.6 is 11.5 Å². The van der Waals surface area contributed by atoms with Crippen LogP contribution in [0.25, 0.3) is 0 Å². The Bertz CT molecular complexity index is 1010. The van der Waals surface area contributed by atoms with Gasteiger partial charge in [0, 0.05) is 22.6 Å². The number of hydrogen-bond donors (Lipinski definition) is 1. The molecule has 0 fully saturated rings. The van der Waals surface area contributed by atoms with Crippen LogP contribution < -0.4 is 5.43 Å².